The molecule has 156 valence electrons. The molecule has 1 rings (SSSR count). The third kappa shape index (κ3) is 10.7. The first-order valence-electron chi connectivity index (χ1n) is 8.71. The molecule has 0 amide bonds. The van der Waals surface area contributed by atoms with Gasteiger partial charge in [0, 0.05) is 6.42 Å². The summed E-state index contributed by atoms with van der Waals surface area (Å²) in [5.41, 5.74) is 0. The zero-order valence-electron chi connectivity index (χ0n) is 16.8. The number of aliphatic hydroxyl groups excluding tert-OH is 3. The third-order valence-corrected chi connectivity index (χ3v) is 4.58. The van der Waals surface area contributed by atoms with Crippen LogP contribution >= 0.6 is 7.82 Å². The number of carbonyl (C=O) groups is 1. The molecule has 1 fully saturated rings. The monoisotopic (exact) mass is 424 g/mol. The van der Waals surface area contributed by atoms with E-state index in [0.29, 0.717) is 12.8 Å². The van der Waals surface area contributed by atoms with Crippen LogP contribution in [0.5, 0.6) is 0 Å². The number of phosphoric ester groups is 1. The fourth-order valence-corrected chi connectivity index (χ4v) is 2.98. The van der Waals surface area contributed by atoms with Gasteiger partial charge in [-0.05, 0) is 19.3 Å². The van der Waals surface area contributed by atoms with Crippen LogP contribution in [0.25, 0.3) is 0 Å². The summed E-state index contributed by atoms with van der Waals surface area (Å²) in [6, 6.07) is 0. The molecule has 1 heterocycles. The summed E-state index contributed by atoms with van der Waals surface area (Å²) in [6.45, 7) is 1.52. The van der Waals surface area contributed by atoms with Crippen molar-refractivity contribution in [1.82, 2.24) is 0 Å². The van der Waals surface area contributed by atoms with Crippen LogP contribution in [0.4, 0.5) is 0 Å². The number of phosphoric acid groups is 1. The van der Waals surface area contributed by atoms with Gasteiger partial charge < -0.3 is 36.0 Å². The van der Waals surface area contributed by atoms with Gasteiger partial charge in [-0.15, -0.1) is 0 Å². The van der Waals surface area contributed by atoms with Crippen LogP contribution in [0.3, 0.4) is 0 Å². The summed E-state index contributed by atoms with van der Waals surface area (Å²) < 4.78 is 25.5. The van der Waals surface area contributed by atoms with Crippen LogP contribution in [0.2, 0.25) is 0 Å². The van der Waals surface area contributed by atoms with E-state index >= 15 is 0 Å². The Morgan fingerprint density at radius 3 is 2.30 bits per heavy atom. The molecule has 5 N–H and O–H groups in total. The molecule has 0 aliphatic carbocycles. The van der Waals surface area contributed by atoms with E-state index in [1.165, 1.54) is 0 Å². The second-order valence-electron chi connectivity index (χ2n) is 6.29. The molecule has 0 aromatic carbocycles. The van der Waals surface area contributed by atoms with Crippen molar-refractivity contribution in [3.8, 4) is 0 Å². The Morgan fingerprint density at radius 1 is 1.07 bits per heavy atom. The first-order chi connectivity index (χ1) is 12.2. The minimum absolute atomic E-state index is 0. The second kappa shape index (κ2) is 13.6. The standard InChI is InChI=1S/C15H29O10P.Na.H/c1-2-3-4-7-12(16)23-8-5-6-10-13(17)15(19)14(18)11(25-10)9-24-26(20,21)22;;/h10-11,13-15,17-19H,2-9H2,1H3,(H2,20,21,22);;/q;+1;-1. The molecule has 12 heteroatoms. The summed E-state index contributed by atoms with van der Waals surface area (Å²) in [7, 11) is -4.76. The Morgan fingerprint density at radius 2 is 1.70 bits per heavy atom. The zero-order valence-corrected chi connectivity index (χ0v) is 18.7. The van der Waals surface area contributed by atoms with Crippen LogP contribution < -0.4 is 29.6 Å². The molecule has 27 heavy (non-hydrogen) atoms. The van der Waals surface area contributed by atoms with Gasteiger partial charge in [0.2, 0.25) is 0 Å². The molecule has 0 bridgehead atoms. The average molecular weight is 424 g/mol. The van der Waals surface area contributed by atoms with E-state index in [-0.39, 0.29) is 50.0 Å². The maximum absolute atomic E-state index is 11.5. The van der Waals surface area contributed by atoms with E-state index in [1.54, 1.807) is 0 Å². The van der Waals surface area contributed by atoms with Crippen LogP contribution in [0.1, 0.15) is 46.9 Å². The molecule has 0 spiro atoms. The molecule has 5 unspecified atom stereocenters. The fourth-order valence-electron chi connectivity index (χ4n) is 2.64. The van der Waals surface area contributed by atoms with Gasteiger partial charge in [-0.25, -0.2) is 4.57 Å². The van der Waals surface area contributed by atoms with Gasteiger partial charge in [-0.2, -0.15) is 0 Å². The Labute approximate surface area is 182 Å². The number of rotatable bonds is 11. The summed E-state index contributed by atoms with van der Waals surface area (Å²) in [6.07, 6.45) is -2.92. The van der Waals surface area contributed by atoms with Crippen molar-refractivity contribution >= 4 is 13.8 Å². The van der Waals surface area contributed by atoms with Crippen molar-refractivity contribution in [3.05, 3.63) is 0 Å². The number of ether oxygens (including phenoxy) is 2. The Hall–Kier alpha value is 0.420. The van der Waals surface area contributed by atoms with E-state index < -0.39 is 44.9 Å². The van der Waals surface area contributed by atoms with Crippen molar-refractivity contribution in [2.45, 2.75) is 76.0 Å². The van der Waals surface area contributed by atoms with Crippen LogP contribution in [0, 0.1) is 0 Å². The first kappa shape index (κ1) is 27.4. The average Bonchev–Trinajstić information content (AvgIpc) is 2.56. The molecular formula is C15H30NaO10P. The van der Waals surface area contributed by atoms with Gasteiger partial charge >= 0.3 is 43.3 Å². The third-order valence-electron chi connectivity index (χ3n) is 4.10. The number of hydrogen-bond donors (Lipinski definition) is 5. The predicted molar refractivity (Wildman–Crippen MR) is 90.1 cm³/mol. The van der Waals surface area contributed by atoms with E-state index in [1.807, 2.05) is 6.92 Å². The number of hydrogen-bond acceptors (Lipinski definition) is 8. The van der Waals surface area contributed by atoms with E-state index in [4.69, 9.17) is 19.3 Å². The Balaban J connectivity index is 0. The topological polar surface area (TPSA) is 163 Å². The molecule has 5 atom stereocenters. The summed E-state index contributed by atoms with van der Waals surface area (Å²) in [5.74, 6) is -0.299. The molecule has 1 saturated heterocycles. The zero-order chi connectivity index (χ0) is 19.7. The summed E-state index contributed by atoms with van der Waals surface area (Å²) >= 11 is 0. The van der Waals surface area contributed by atoms with Crippen molar-refractivity contribution in [2.75, 3.05) is 13.2 Å². The normalized spacial score (nSPS) is 28.4. The van der Waals surface area contributed by atoms with Gasteiger partial charge in [-0.1, -0.05) is 19.8 Å². The summed E-state index contributed by atoms with van der Waals surface area (Å²) in [5, 5.41) is 29.7. The number of carbonyl (C=O) groups excluding carboxylic acids is 1. The quantitative estimate of drug-likeness (QED) is 0.0998. The largest absolute Gasteiger partial charge is 1.00 e. The first-order valence-corrected chi connectivity index (χ1v) is 10.2. The number of esters is 1. The summed E-state index contributed by atoms with van der Waals surface area (Å²) in [4.78, 5) is 28.9. The van der Waals surface area contributed by atoms with Crippen LogP contribution in [-0.4, -0.2) is 74.8 Å². The molecule has 10 nitrogen and oxygen atoms in total. The Bertz CT molecular complexity index is 480. The van der Waals surface area contributed by atoms with Crippen LogP contribution in [-0.2, 0) is 23.4 Å². The number of unbranched alkanes of at least 4 members (excludes halogenated alkanes) is 2. The molecule has 0 saturated carbocycles. The predicted octanol–water partition coefficient (Wildman–Crippen LogP) is -3.03. The molecule has 1 aliphatic rings. The van der Waals surface area contributed by atoms with E-state index in [0.717, 1.165) is 19.3 Å². The fraction of sp³-hybridized carbons (Fsp3) is 0.933. The maximum atomic E-state index is 11.5. The van der Waals surface area contributed by atoms with Gasteiger partial charge in [0.05, 0.1) is 19.3 Å². The van der Waals surface area contributed by atoms with Crippen molar-refractivity contribution in [1.29, 1.82) is 0 Å². The van der Waals surface area contributed by atoms with Crippen molar-refractivity contribution in [3.63, 3.8) is 0 Å². The molecular weight excluding hydrogens is 394 g/mol. The smallest absolute Gasteiger partial charge is 1.00 e. The second-order valence-corrected chi connectivity index (χ2v) is 7.53. The number of aliphatic hydroxyl groups is 3. The molecule has 1 aliphatic heterocycles. The minimum atomic E-state index is -4.76. The van der Waals surface area contributed by atoms with Crippen molar-refractivity contribution < 1.29 is 79.4 Å². The molecule has 0 aromatic rings. The van der Waals surface area contributed by atoms with E-state index in [9.17, 15) is 24.7 Å². The van der Waals surface area contributed by atoms with Gasteiger partial charge in [-0.3, -0.25) is 9.32 Å². The van der Waals surface area contributed by atoms with Gasteiger partial charge in [0.15, 0.2) is 0 Å². The maximum Gasteiger partial charge on any atom is 1.00 e. The molecule has 0 radical (unpaired) electrons. The van der Waals surface area contributed by atoms with Crippen molar-refractivity contribution in [2.24, 2.45) is 0 Å². The van der Waals surface area contributed by atoms with E-state index in [2.05, 4.69) is 4.52 Å². The molecule has 0 aromatic heterocycles. The van der Waals surface area contributed by atoms with Gasteiger partial charge in [0.25, 0.3) is 0 Å². The van der Waals surface area contributed by atoms with Gasteiger partial charge in [0.1, 0.15) is 24.4 Å². The Kier molecular flexibility index (Phi) is 13.8. The minimum Gasteiger partial charge on any atom is -1.00 e. The SMILES string of the molecule is CCCCCC(=O)OCCCC1OC(COP(=O)(O)O)C(O)C(O)C1O.[H-].[Na+]. The van der Waals surface area contributed by atoms with Crippen LogP contribution in [0.15, 0.2) is 0 Å².